The summed E-state index contributed by atoms with van der Waals surface area (Å²) in [5, 5.41) is 6.95. The Balaban J connectivity index is 1.77. The molecule has 0 aliphatic heterocycles. The first kappa shape index (κ1) is 15.7. The van der Waals surface area contributed by atoms with E-state index in [1.807, 2.05) is 18.2 Å². The zero-order valence-electron chi connectivity index (χ0n) is 13.9. The Bertz CT molecular complexity index is 959. The van der Waals surface area contributed by atoms with Gasteiger partial charge in [-0.15, -0.1) is 11.3 Å². The second kappa shape index (κ2) is 6.95. The Morgan fingerprint density at radius 3 is 2.60 bits per heavy atom. The second-order valence-electron chi connectivity index (χ2n) is 5.77. The van der Waals surface area contributed by atoms with Crippen LogP contribution in [0, 0.1) is 0 Å². The number of ether oxygens (including phenoxy) is 1. The molecule has 2 aromatic carbocycles. The number of hydrogen-bond acceptors (Lipinski definition) is 3. The van der Waals surface area contributed by atoms with Gasteiger partial charge in [0.1, 0.15) is 11.4 Å². The molecule has 0 radical (unpaired) electrons. The summed E-state index contributed by atoms with van der Waals surface area (Å²) in [6.07, 6.45) is 0. The van der Waals surface area contributed by atoms with Gasteiger partial charge in [-0.05, 0) is 40.8 Å². The molecular weight excluding hydrogens is 328 g/mol. The molecular formula is C21H18N2OS. The van der Waals surface area contributed by atoms with Crippen molar-refractivity contribution in [2.75, 3.05) is 7.11 Å². The van der Waals surface area contributed by atoms with E-state index in [2.05, 4.69) is 64.7 Å². The molecule has 3 nitrogen and oxygen atoms in total. The smallest absolute Gasteiger partial charge is 0.119 e. The maximum Gasteiger partial charge on any atom is 0.119 e. The molecule has 0 fully saturated rings. The van der Waals surface area contributed by atoms with E-state index in [0.29, 0.717) is 6.54 Å². The van der Waals surface area contributed by atoms with E-state index >= 15 is 0 Å². The fourth-order valence-electron chi connectivity index (χ4n) is 2.87. The number of nitrogens with zero attached hydrogens (tertiary/aromatic N) is 2. The van der Waals surface area contributed by atoms with E-state index in [1.54, 1.807) is 18.4 Å². The molecule has 0 unspecified atom stereocenters. The fourth-order valence-corrected chi connectivity index (χ4v) is 3.55. The molecule has 0 atom stereocenters. The maximum atomic E-state index is 5.34. The van der Waals surface area contributed by atoms with Crippen LogP contribution in [0.5, 0.6) is 5.75 Å². The van der Waals surface area contributed by atoms with Gasteiger partial charge < -0.3 is 4.74 Å². The highest BCUT2D eigenvalue weighted by Crippen LogP contribution is 2.29. The minimum atomic E-state index is 0.701. The Kier molecular flexibility index (Phi) is 4.36. The van der Waals surface area contributed by atoms with E-state index < -0.39 is 0 Å². The molecule has 4 heteroatoms. The van der Waals surface area contributed by atoms with Crippen molar-refractivity contribution in [2.24, 2.45) is 0 Å². The Morgan fingerprint density at radius 2 is 1.84 bits per heavy atom. The van der Waals surface area contributed by atoms with E-state index in [4.69, 9.17) is 9.84 Å². The van der Waals surface area contributed by atoms with E-state index in [1.165, 1.54) is 10.4 Å². The predicted molar refractivity (Wildman–Crippen MR) is 103 cm³/mol. The zero-order chi connectivity index (χ0) is 17.1. The van der Waals surface area contributed by atoms with E-state index in [9.17, 15) is 0 Å². The minimum absolute atomic E-state index is 0.701. The minimum Gasteiger partial charge on any atom is -0.497 e. The molecule has 124 valence electrons. The first-order valence-electron chi connectivity index (χ1n) is 8.13. The first-order valence-corrected chi connectivity index (χ1v) is 9.01. The lowest BCUT2D eigenvalue weighted by Crippen LogP contribution is -2.04. The first-order chi connectivity index (χ1) is 12.3. The zero-order valence-corrected chi connectivity index (χ0v) is 14.7. The lowest BCUT2D eigenvalue weighted by molar-refractivity contribution is 0.414. The third kappa shape index (κ3) is 3.35. The third-order valence-corrected chi connectivity index (χ3v) is 4.98. The van der Waals surface area contributed by atoms with Crippen LogP contribution < -0.4 is 4.74 Å². The molecule has 0 aliphatic rings. The van der Waals surface area contributed by atoms with Gasteiger partial charge in [-0.25, -0.2) is 0 Å². The summed E-state index contributed by atoms with van der Waals surface area (Å²) in [6, 6.07) is 24.9. The average molecular weight is 346 g/mol. The van der Waals surface area contributed by atoms with Gasteiger partial charge in [-0.2, -0.15) is 5.10 Å². The number of aromatic nitrogens is 2. The number of benzene rings is 2. The van der Waals surface area contributed by atoms with Crippen LogP contribution in [0.15, 0.2) is 78.2 Å². The van der Waals surface area contributed by atoms with Crippen molar-refractivity contribution in [3.8, 4) is 27.6 Å². The standard InChI is InChI=1S/C21H18N2OS/c1-24-18-10-5-7-16(13-18)15-23-20(17-8-3-2-4-9-17)14-19(22-23)21-11-6-12-25-21/h2-14H,15H2,1H3. The van der Waals surface area contributed by atoms with Gasteiger partial charge >= 0.3 is 0 Å². The largest absolute Gasteiger partial charge is 0.497 e. The van der Waals surface area contributed by atoms with Crippen molar-refractivity contribution < 1.29 is 4.74 Å². The lowest BCUT2D eigenvalue weighted by Gasteiger charge is -2.09. The van der Waals surface area contributed by atoms with Crippen molar-refractivity contribution in [3.05, 3.63) is 83.7 Å². The summed E-state index contributed by atoms with van der Waals surface area (Å²) in [7, 11) is 1.69. The number of hydrogen-bond donors (Lipinski definition) is 0. The van der Waals surface area contributed by atoms with Gasteiger partial charge in [-0.3, -0.25) is 4.68 Å². The van der Waals surface area contributed by atoms with Crippen molar-refractivity contribution in [3.63, 3.8) is 0 Å². The van der Waals surface area contributed by atoms with Gasteiger partial charge in [0, 0.05) is 0 Å². The van der Waals surface area contributed by atoms with Gasteiger partial charge in [0.15, 0.2) is 0 Å². The molecule has 4 rings (SSSR count). The summed E-state index contributed by atoms with van der Waals surface area (Å²) in [5.41, 5.74) is 4.46. The van der Waals surface area contributed by atoms with E-state index in [-0.39, 0.29) is 0 Å². The van der Waals surface area contributed by atoms with Crippen LogP contribution in [-0.2, 0) is 6.54 Å². The van der Waals surface area contributed by atoms with Crippen LogP contribution in [0.1, 0.15) is 5.56 Å². The molecule has 0 amide bonds. The molecule has 0 spiro atoms. The molecule has 4 aromatic rings. The summed E-state index contributed by atoms with van der Waals surface area (Å²) < 4.78 is 7.41. The molecule has 0 aliphatic carbocycles. The van der Waals surface area contributed by atoms with Crippen LogP contribution in [0.25, 0.3) is 21.8 Å². The fraction of sp³-hybridized carbons (Fsp3) is 0.0952. The van der Waals surface area contributed by atoms with Crippen molar-refractivity contribution in [2.45, 2.75) is 6.54 Å². The number of rotatable bonds is 5. The van der Waals surface area contributed by atoms with Gasteiger partial charge in [0.2, 0.25) is 0 Å². The summed E-state index contributed by atoms with van der Waals surface area (Å²) in [5.74, 6) is 0.865. The predicted octanol–water partition coefficient (Wildman–Crippen LogP) is 5.34. The second-order valence-corrected chi connectivity index (χ2v) is 6.72. The molecule has 2 heterocycles. The highest BCUT2D eigenvalue weighted by molar-refractivity contribution is 7.13. The van der Waals surface area contributed by atoms with Crippen LogP contribution in [-0.4, -0.2) is 16.9 Å². The van der Waals surface area contributed by atoms with Crippen LogP contribution >= 0.6 is 11.3 Å². The molecule has 2 aromatic heterocycles. The van der Waals surface area contributed by atoms with Crippen molar-refractivity contribution in [1.82, 2.24) is 9.78 Å². The Labute approximate surface area is 151 Å². The molecule has 0 saturated carbocycles. The topological polar surface area (TPSA) is 27.1 Å². The molecule has 25 heavy (non-hydrogen) atoms. The summed E-state index contributed by atoms with van der Waals surface area (Å²) in [4.78, 5) is 1.18. The lowest BCUT2D eigenvalue weighted by atomic mass is 10.1. The average Bonchev–Trinajstić information content (AvgIpc) is 3.32. The molecule has 0 N–H and O–H groups in total. The maximum absolute atomic E-state index is 5.34. The summed E-state index contributed by atoms with van der Waals surface area (Å²) in [6.45, 7) is 0.701. The third-order valence-electron chi connectivity index (χ3n) is 4.09. The van der Waals surface area contributed by atoms with Gasteiger partial charge in [0.05, 0.1) is 24.2 Å². The highest BCUT2D eigenvalue weighted by atomic mass is 32.1. The highest BCUT2D eigenvalue weighted by Gasteiger charge is 2.12. The molecule has 0 bridgehead atoms. The Morgan fingerprint density at radius 1 is 0.960 bits per heavy atom. The van der Waals surface area contributed by atoms with Crippen LogP contribution in [0.3, 0.4) is 0 Å². The van der Waals surface area contributed by atoms with Crippen LogP contribution in [0.4, 0.5) is 0 Å². The number of methoxy groups -OCH3 is 1. The van der Waals surface area contributed by atoms with Crippen molar-refractivity contribution in [1.29, 1.82) is 0 Å². The SMILES string of the molecule is COc1cccc(Cn2nc(-c3cccs3)cc2-c2ccccc2)c1. The summed E-state index contributed by atoms with van der Waals surface area (Å²) >= 11 is 1.71. The number of thiophene rings is 1. The normalized spacial score (nSPS) is 10.8. The Hall–Kier alpha value is -2.85. The van der Waals surface area contributed by atoms with E-state index in [0.717, 1.165) is 22.7 Å². The van der Waals surface area contributed by atoms with Gasteiger partial charge in [-0.1, -0.05) is 48.5 Å². The van der Waals surface area contributed by atoms with Crippen LogP contribution in [0.2, 0.25) is 0 Å². The quantitative estimate of drug-likeness (QED) is 0.488. The van der Waals surface area contributed by atoms with Crippen molar-refractivity contribution >= 4 is 11.3 Å². The molecule has 0 saturated heterocycles. The monoisotopic (exact) mass is 346 g/mol. The van der Waals surface area contributed by atoms with Gasteiger partial charge in [0.25, 0.3) is 0 Å².